The molecule has 6 bridgehead atoms. The number of methoxy groups -OCH3 is 1. The first kappa shape index (κ1) is 91.1. The molecule has 0 radical (unpaired) electrons. The fourth-order valence-corrected chi connectivity index (χ4v) is 16.3. The summed E-state index contributed by atoms with van der Waals surface area (Å²) in [5.41, 5.74) is 6.74. The second-order valence-electron chi connectivity index (χ2n) is 33.1. The molecule has 0 unspecified atom stereocenters. The van der Waals surface area contributed by atoms with Crippen molar-refractivity contribution in [2.45, 2.75) is 318 Å². The van der Waals surface area contributed by atoms with Crippen LogP contribution in [-0.4, -0.2) is 206 Å². The fourth-order valence-electron chi connectivity index (χ4n) is 16.3. The molecule has 0 saturated carbocycles. The molecule has 11 aliphatic heterocycles. The van der Waals surface area contributed by atoms with Gasteiger partial charge in [-0.2, -0.15) is 0 Å². The summed E-state index contributed by atoms with van der Waals surface area (Å²) in [6.45, 7) is 28.3. The highest BCUT2D eigenvalue weighted by molar-refractivity contribution is 5.83. The smallest absolute Gasteiger partial charge is 0.330 e. The molecule has 0 aromatic rings. The molecule has 2 fully saturated rings. The molecule has 11 heterocycles. The Labute approximate surface area is 677 Å². The van der Waals surface area contributed by atoms with E-state index in [1.54, 1.807) is 43.6 Å². The average molecular weight is 1580 g/mol. The van der Waals surface area contributed by atoms with Gasteiger partial charge in [-0.3, -0.25) is 4.79 Å². The van der Waals surface area contributed by atoms with Gasteiger partial charge in [-0.1, -0.05) is 189 Å². The summed E-state index contributed by atoms with van der Waals surface area (Å²) in [5.74, 6) is -0.822. The van der Waals surface area contributed by atoms with Crippen LogP contribution in [0, 0.1) is 17.8 Å². The number of aliphatic hydroxyl groups excluding tert-OH is 4. The quantitative estimate of drug-likeness (QED) is 0.0647. The van der Waals surface area contributed by atoms with E-state index >= 15 is 0 Å². The first-order valence-electron chi connectivity index (χ1n) is 41.6. The van der Waals surface area contributed by atoms with E-state index in [4.69, 9.17) is 61.6 Å². The molecule has 21 heteroatoms. The molecule has 11 rings (SSSR count). The predicted octanol–water partition coefficient (Wildman–Crippen LogP) is 14.3. The first-order valence-corrected chi connectivity index (χ1v) is 41.6. The Morgan fingerprint density at radius 2 is 0.825 bits per heavy atom. The molecule has 0 aromatic carbocycles. The minimum atomic E-state index is -1.01. The maximum absolute atomic E-state index is 12.9. The number of hydrogen-bond acceptors (Lipinski definition) is 21. The van der Waals surface area contributed by atoms with Gasteiger partial charge in [-0.15, -0.1) is 0 Å². The van der Waals surface area contributed by atoms with Crippen molar-refractivity contribution in [3.63, 3.8) is 0 Å². The van der Waals surface area contributed by atoms with Crippen LogP contribution in [-0.2, 0) is 80.8 Å². The van der Waals surface area contributed by atoms with E-state index < -0.39 is 84.9 Å². The molecule has 628 valence electrons. The van der Waals surface area contributed by atoms with Crippen LogP contribution in [0.2, 0.25) is 0 Å². The lowest BCUT2D eigenvalue weighted by molar-refractivity contribution is -0.160. The molecule has 2 saturated heterocycles. The highest BCUT2D eigenvalue weighted by Gasteiger charge is 2.49. The SMILES string of the molecule is C=C1C[C@H](C)C[C@@H]2CC=C[C@@H](C/C=C\C(=O)O[C@H]([C@@H](O)/C=C/[C@@H]3CC(C)=CCO3)C/C=C/[C@@H](O)C1)O2.C=C1C[C@H](C)C[C@@H]2CC=C[C@@H](C/C=C\C(=O)O[C@H]([C@H](/C=C/[C@@H]3CC(C)=CCO3)OC(C)=O)C[C@@H]3O[C@H]3[C@@H](O)C1)O2.C=C1C[C@H](C)C[C@@H]2CC=C[C@@H](C/C=C\C(=O)O[C@H]([C@H](/C=C/[C@@H]3CC(C)=CCO3)OC)C[C@@H]3O[C@H]3[C@@H](O)C1)O2. The van der Waals surface area contributed by atoms with Crippen molar-refractivity contribution >= 4 is 23.9 Å². The lowest BCUT2D eigenvalue weighted by atomic mass is 9.91. The third-order valence-corrected chi connectivity index (χ3v) is 22.1. The first-order chi connectivity index (χ1) is 54.7. The van der Waals surface area contributed by atoms with Gasteiger partial charge in [0.05, 0.1) is 105 Å². The van der Waals surface area contributed by atoms with Crippen molar-refractivity contribution in [3.8, 4) is 0 Å². The maximum atomic E-state index is 12.9. The second kappa shape index (κ2) is 47.0. The fraction of sp³-hybridized carbons (Fsp3) is 0.613. The molecule has 114 heavy (non-hydrogen) atoms. The maximum Gasteiger partial charge on any atom is 0.330 e. The van der Waals surface area contributed by atoms with Gasteiger partial charge in [-0.25, -0.2) is 14.4 Å². The number of aliphatic hydroxyl groups is 4. The zero-order valence-electron chi connectivity index (χ0n) is 68.5. The van der Waals surface area contributed by atoms with Crippen molar-refractivity contribution in [2.75, 3.05) is 26.9 Å². The summed E-state index contributed by atoms with van der Waals surface area (Å²) >= 11 is 0. The van der Waals surface area contributed by atoms with Gasteiger partial charge in [0, 0.05) is 51.5 Å². The summed E-state index contributed by atoms with van der Waals surface area (Å²) < 4.78 is 76.4. The van der Waals surface area contributed by atoms with Crippen LogP contribution >= 0.6 is 0 Å². The molecular formula is C93H130O21. The number of cyclic esters (lactones) is 3. The van der Waals surface area contributed by atoms with Crippen molar-refractivity contribution in [1.29, 1.82) is 0 Å². The van der Waals surface area contributed by atoms with Gasteiger partial charge in [0.2, 0.25) is 0 Å². The van der Waals surface area contributed by atoms with Crippen LogP contribution in [0.4, 0.5) is 0 Å². The molecule has 21 nitrogen and oxygen atoms in total. The molecule has 0 aliphatic carbocycles. The van der Waals surface area contributed by atoms with Crippen LogP contribution < -0.4 is 0 Å². The summed E-state index contributed by atoms with van der Waals surface area (Å²) in [5, 5.41) is 43.0. The standard InChI is InChI=1S/C32H44O8.C31H44O7.C30H42O6/c1-20-13-14-36-25(16-20)11-12-28(37-23(4)33)29-19-30-32(40-30)27(34)18-22(3)15-21(2)17-26-9-5-7-24(38-26)8-6-10-31(35)39-29;1-20-13-14-35-24(16-20)11-12-27(34-4)28-19-29-31(38-29)26(32)18-22(3)15-21(2)17-25-9-5-7-23(36-25)8-6-10-30(33)37-28;1-21-15-16-34-26(19-21)13-14-28(32)29-11-4-7-24(31)18-22(2)17-23(3)20-27-10-5-8-25(35-27)9-6-12-30(33)36-29/h5-7,10-13,21,24-30,32,34H,3,8-9,14-19H2,1-2,4H3;5-7,10-13,21,23-29,31-32H,3,8-9,14-19H2,1-2,4H3;4-8,12-15,23-29,31-32H,2,9-11,16-20H2,1,3H3/b2*10-6-,12-11+;7-4+,12-6-,14-13+/t21-,24-,25+,26-,27-,28-,29-,30-,32-;21-,23-,24+,25-,26-,27-,28-,29-,31-;23-,24+,25-,26+,27-,28-,29-/m000/s1. The zero-order valence-corrected chi connectivity index (χ0v) is 68.5. The lowest BCUT2D eigenvalue weighted by Gasteiger charge is -2.28. The van der Waals surface area contributed by atoms with E-state index in [9.17, 15) is 39.6 Å². The third kappa shape index (κ3) is 32.9. The van der Waals surface area contributed by atoms with Gasteiger partial charge in [0.25, 0.3) is 0 Å². The number of rotatable bonds is 11. The summed E-state index contributed by atoms with van der Waals surface area (Å²) in [6.07, 6.45) is 49.0. The molecular weight excluding hydrogens is 1450 g/mol. The Morgan fingerprint density at radius 1 is 0.456 bits per heavy atom. The highest BCUT2D eigenvalue weighted by Crippen LogP contribution is 2.38. The van der Waals surface area contributed by atoms with Gasteiger partial charge < -0.3 is 82.0 Å². The summed E-state index contributed by atoms with van der Waals surface area (Å²) in [7, 11) is 1.60. The van der Waals surface area contributed by atoms with Crippen molar-refractivity contribution < 1.29 is 101 Å². The number of carbonyl (C=O) groups excluding carboxylic acids is 4. The second-order valence-corrected chi connectivity index (χ2v) is 33.1. The Bertz CT molecular complexity index is 3560. The average Bonchev–Trinajstić information content (AvgIpc) is 1.66. The Hall–Kier alpha value is -6.80. The van der Waals surface area contributed by atoms with Gasteiger partial charge in [0.15, 0.2) is 6.10 Å². The summed E-state index contributed by atoms with van der Waals surface area (Å²) in [6, 6.07) is 0. The monoisotopic (exact) mass is 1580 g/mol. The number of carbonyl (C=O) groups is 4. The number of esters is 4. The number of epoxide rings is 2. The minimum absolute atomic E-state index is 0.0417. The van der Waals surface area contributed by atoms with E-state index in [-0.39, 0.29) is 86.1 Å². The van der Waals surface area contributed by atoms with Gasteiger partial charge in [-0.05, 0) is 160 Å². The van der Waals surface area contributed by atoms with Crippen LogP contribution in [0.3, 0.4) is 0 Å². The molecule has 0 aromatic heterocycles. The van der Waals surface area contributed by atoms with E-state index in [1.165, 1.54) is 41.9 Å². The Morgan fingerprint density at radius 3 is 1.22 bits per heavy atom. The molecule has 25 atom stereocenters. The Balaban J connectivity index is 0.000000196. The van der Waals surface area contributed by atoms with E-state index in [0.717, 1.165) is 93.8 Å². The molecule has 11 aliphatic rings. The Kier molecular flexibility index (Phi) is 37.5. The normalized spacial score (nSPS) is 37.4. The third-order valence-electron chi connectivity index (χ3n) is 22.1. The molecule has 4 N–H and O–H groups in total. The van der Waals surface area contributed by atoms with Crippen molar-refractivity contribution in [3.05, 3.63) is 193 Å². The lowest BCUT2D eigenvalue weighted by Crippen LogP contribution is -2.35. The van der Waals surface area contributed by atoms with E-state index in [0.29, 0.717) is 82.5 Å². The minimum Gasteiger partial charge on any atom is -0.456 e. The van der Waals surface area contributed by atoms with Gasteiger partial charge in [0.1, 0.15) is 42.7 Å². The molecule has 0 amide bonds. The topological polar surface area (TPSA) is 276 Å². The molecule has 0 spiro atoms. The number of fused-ring (bicyclic) bond motifs is 8. The van der Waals surface area contributed by atoms with Crippen LogP contribution in [0.1, 0.15) is 183 Å². The van der Waals surface area contributed by atoms with Crippen molar-refractivity contribution in [1.82, 2.24) is 0 Å². The van der Waals surface area contributed by atoms with Gasteiger partial charge >= 0.3 is 23.9 Å². The summed E-state index contributed by atoms with van der Waals surface area (Å²) in [4.78, 5) is 50.3. The number of hydrogen-bond donors (Lipinski definition) is 4. The number of ether oxygens (including phenoxy) is 13. The van der Waals surface area contributed by atoms with Crippen molar-refractivity contribution in [2.24, 2.45) is 17.8 Å². The van der Waals surface area contributed by atoms with Crippen LogP contribution in [0.25, 0.3) is 0 Å². The largest absolute Gasteiger partial charge is 0.456 e. The van der Waals surface area contributed by atoms with E-state index in [1.807, 2.05) is 61.6 Å². The zero-order chi connectivity index (χ0) is 81.6. The predicted molar refractivity (Wildman–Crippen MR) is 437 cm³/mol. The van der Waals surface area contributed by atoms with Crippen LogP contribution in [0.15, 0.2) is 193 Å². The van der Waals surface area contributed by atoms with Crippen LogP contribution in [0.5, 0.6) is 0 Å². The van der Waals surface area contributed by atoms with E-state index in [2.05, 4.69) is 84.7 Å². The highest BCUT2D eigenvalue weighted by atomic mass is 16.6.